The van der Waals surface area contributed by atoms with E-state index in [4.69, 9.17) is 4.74 Å². The van der Waals surface area contributed by atoms with Crippen LogP contribution in [0.4, 0.5) is 0 Å². The van der Waals surface area contributed by atoms with Crippen molar-refractivity contribution in [1.82, 2.24) is 0 Å². The van der Waals surface area contributed by atoms with Gasteiger partial charge >= 0.3 is 0 Å². The first-order valence-corrected chi connectivity index (χ1v) is 7.89. The van der Waals surface area contributed by atoms with Crippen LogP contribution < -0.4 is 0 Å². The highest BCUT2D eigenvalue weighted by Gasteiger charge is 2.22. The number of aromatic hydroxyl groups is 2. The SMILES string of the molecule is Oc1ccc(CCC2CCC(c3ccc(O)cc3)CO2)cc1. The van der Waals surface area contributed by atoms with Crippen LogP contribution in [0, 0.1) is 0 Å². The summed E-state index contributed by atoms with van der Waals surface area (Å²) >= 11 is 0. The lowest BCUT2D eigenvalue weighted by molar-refractivity contribution is -0.000564. The monoisotopic (exact) mass is 298 g/mol. The Morgan fingerprint density at radius 3 is 2.09 bits per heavy atom. The van der Waals surface area contributed by atoms with E-state index in [2.05, 4.69) is 0 Å². The zero-order valence-electron chi connectivity index (χ0n) is 12.6. The summed E-state index contributed by atoms with van der Waals surface area (Å²) in [7, 11) is 0. The summed E-state index contributed by atoms with van der Waals surface area (Å²) < 4.78 is 6.01. The minimum absolute atomic E-state index is 0.312. The zero-order valence-corrected chi connectivity index (χ0v) is 12.6. The van der Waals surface area contributed by atoms with Crippen molar-refractivity contribution in [1.29, 1.82) is 0 Å². The molecule has 2 aromatic carbocycles. The molecule has 22 heavy (non-hydrogen) atoms. The molecule has 0 saturated carbocycles. The van der Waals surface area contributed by atoms with Crippen molar-refractivity contribution >= 4 is 0 Å². The van der Waals surface area contributed by atoms with Crippen LogP contribution >= 0.6 is 0 Å². The largest absolute Gasteiger partial charge is 0.508 e. The highest BCUT2D eigenvalue weighted by atomic mass is 16.5. The van der Waals surface area contributed by atoms with E-state index in [1.54, 1.807) is 24.3 Å². The van der Waals surface area contributed by atoms with E-state index < -0.39 is 0 Å². The van der Waals surface area contributed by atoms with Gasteiger partial charge in [0.1, 0.15) is 11.5 Å². The van der Waals surface area contributed by atoms with Gasteiger partial charge in [-0.2, -0.15) is 0 Å². The molecule has 2 atom stereocenters. The maximum absolute atomic E-state index is 9.35. The fraction of sp³-hybridized carbons (Fsp3) is 0.368. The van der Waals surface area contributed by atoms with Gasteiger partial charge in [-0.05, 0) is 61.1 Å². The Hall–Kier alpha value is -2.00. The Morgan fingerprint density at radius 2 is 1.50 bits per heavy atom. The fourth-order valence-electron chi connectivity index (χ4n) is 3.03. The van der Waals surface area contributed by atoms with Gasteiger partial charge in [0.05, 0.1) is 12.7 Å². The first kappa shape index (κ1) is 14.9. The van der Waals surface area contributed by atoms with Crippen LogP contribution in [0.5, 0.6) is 11.5 Å². The van der Waals surface area contributed by atoms with Crippen molar-refractivity contribution < 1.29 is 14.9 Å². The quantitative estimate of drug-likeness (QED) is 0.897. The molecule has 0 aliphatic carbocycles. The van der Waals surface area contributed by atoms with Crippen molar-refractivity contribution in [3.05, 3.63) is 59.7 Å². The van der Waals surface area contributed by atoms with E-state index in [-0.39, 0.29) is 0 Å². The Balaban J connectivity index is 1.47. The first-order chi connectivity index (χ1) is 10.7. The molecule has 2 N–H and O–H groups in total. The summed E-state index contributed by atoms with van der Waals surface area (Å²) in [5.41, 5.74) is 2.48. The summed E-state index contributed by atoms with van der Waals surface area (Å²) in [6.07, 6.45) is 4.53. The Bertz CT molecular complexity index is 581. The number of benzene rings is 2. The van der Waals surface area contributed by atoms with E-state index >= 15 is 0 Å². The topological polar surface area (TPSA) is 49.7 Å². The van der Waals surface area contributed by atoms with E-state index in [9.17, 15) is 10.2 Å². The summed E-state index contributed by atoms with van der Waals surface area (Å²) in [6.45, 7) is 0.755. The van der Waals surface area contributed by atoms with Gasteiger partial charge in [0.2, 0.25) is 0 Å². The van der Waals surface area contributed by atoms with Gasteiger partial charge < -0.3 is 14.9 Å². The van der Waals surface area contributed by atoms with E-state index in [1.165, 1.54) is 11.1 Å². The van der Waals surface area contributed by atoms with Crippen molar-refractivity contribution in [2.45, 2.75) is 37.7 Å². The van der Waals surface area contributed by atoms with Gasteiger partial charge in [-0.15, -0.1) is 0 Å². The summed E-state index contributed by atoms with van der Waals surface area (Å²) in [5, 5.41) is 18.6. The van der Waals surface area contributed by atoms with E-state index in [1.807, 2.05) is 24.3 Å². The molecule has 1 fully saturated rings. The second-order valence-electron chi connectivity index (χ2n) is 6.03. The molecule has 0 amide bonds. The molecule has 0 bridgehead atoms. The number of rotatable bonds is 4. The van der Waals surface area contributed by atoms with Gasteiger partial charge in [0.15, 0.2) is 0 Å². The standard InChI is InChI=1S/C19H22O3/c20-17-7-1-14(2-8-17)3-11-19-12-6-16(13-22-19)15-4-9-18(21)10-5-15/h1-2,4-5,7-10,16,19-21H,3,6,11-13H2. The minimum Gasteiger partial charge on any atom is -0.508 e. The maximum Gasteiger partial charge on any atom is 0.115 e. The summed E-state index contributed by atoms with van der Waals surface area (Å²) in [4.78, 5) is 0. The molecule has 3 nitrogen and oxygen atoms in total. The molecule has 3 heteroatoms. The van der Waals surface area contributed by atoms with Crippen LogP contribution in [0.25, 0.3) is 0 Å². The van der Waals surface area contributed by atoms with Crippen molar-refractivity contribution in [3.63, 3.8) is 0 Å². The van der Waals surface area contributed by atoms with Crippen molar-refractivity contribution in [2.24, 2.45) is 0 Å². The van der Waals surface area contributed by atoms with Crippen LogP contribution in [0.2, 0.25) is 0 Å². The third kappa shape index (κ3) is 3.80. The number of phenols is 2. The number of ether oxygens (including phenoxy) is 1. The predicted octanol–water partition coefficient (Wildman–Crippen LogP) is 3.99. The smallest absolute Gasteiger partial charge is 0.115 e. The number of phenolic OH excluding ortho intramolecular Hbond substituents is 2. The van der Waals surface area contributed by atoms with Crippen molar-refractivity contribution in [2.75, 3.05) is 6.61 Å². The maximum atomic E-state index is 9.35. The highest BCUT2D eigenvalue weighted by Crippen LogP contribution is 2.30. The van der Waals surface area contributed by atoms with E-state index in [0.717, 1.165) is 32.3 Å². The first-order valence-electron chi connectivity index (χ1n) is 7.89. The van der Waals surface area contributed by atoms with Crippen LogP contribution in [-0.4, -0.2) is 22.9 Å². The van der Waals surface area contributed by atoms with Crippen LogP contribution in [-0.2, 0) is 11.2 Å². The average Bonchev–Trinajstić information content (AvgIpc) is 2.56. The molecule has 0 aromatic heterocycles. The number of hydrogen-bond donors (Lipinski definition) is 2. The average molecular weight is 298 g/mol. The summed E-state index contributed by atoms with van der Waals surface area (Å²) in [6, 6.07) is 14.9. The van der Waals surface area contributed by atoms with Crippen LogP contribution in [0.3, 0.4) is 0 Å². The molecular formula is C19H22O3. The lowest BCUT2D eigenvalue weighted by Crippen LogP contribution is -2.25. The normalized spacial score (nSPS) is 21.6. The molecule has 1 saturated heterocycles. The molecule has 1 heterocycles. The molecule has 3 rings (SSSR count). The Morgan fingerprint density at radius 1 is 0.864 bits per heavy atom. The molecule has 1 aliphatic rings. The zero-order chi connectivity index (χ0) is 15.4. The molecular weight excluding hydrogens is 276 g/mol. The molecule has 0 radical (unpaired) electrons. The number of hydrogen-bond acceptors (Lipinski definition) is 3. The molecule has 116 valence electrons. The third-order valence-corrected chi connectivity index (χ3v) is 4.43. The highest BCUT2D eigenvalue weighted by molar-refractivity contribution is 5.29. The molecule has 2 unspecified atom stereocenters. The number of aryl methyl sites for hydroxylation is 1. The van der Waals surface area contributed by atoms with Crippen molar-refractivity contribution in [3.8, 4) is 11.5 Å². The van der Waals surface area contributed by atoms with Crippen LogP contribution in [0.15, 0.2) is 48.5 Å². The van der Waals surface area contributed by atoms with Gasteiger partial charge in [-0.3, -0.25) is 0 Å². The lowest BCUT2D eigenvalue weighted by atomic mass is 9.90. The van der Waals surface area contributed by atoms with Gasteiger partial charge in [0, 0.05) is 5.92 Å². The summed E-state index contributed by atoms with van der Waals surface area (Å²) in [5.74, 6) is 1.06. The van der Waals surface area contributed by atoms with Crippen LogP contribution in [0.1, 0.15) is 36.3 Å². The van der Waals surface area contributed by atoms with Gasteiger partial charge in [-0.1, -0.05) is 24.3 Å². The molecule has 1 aliphatic heterocycles. The Kier molecular flexibility index (Phi) is 4.64. The second-order valence-corrected chi connectivity index (χ2v) is 6.03. The fourth-order valence-corrected chi connectivity index (χ4v) is 3.03. The molecule has 0 spiro atoms. The lowest BCUT2D eigenvalue weighted by Gasteiger charge is -2.29. The molecule has 2 aromatic rings. The third-order valence-electron chi connectivity index (χ3n) is 4.43. The predicted molar refractivity (Wildman–Crippen MR) is 86.2 cm³/mol. The van der Waals surface area contributed by atoms with E-state index in [0.29, 0.717) is 23.5 Å². The van der Waals surface area contributed by atoms with Gasteiger partial charge in [-0.25, -0.2) is 0 Å². The van der Waals surface area contributed by atoms with Gasteiger partial charge in [0.25, 0.3) is 0 Å². The Labute approximate surface area is 131 Å². The minimum atomic E-state index is 0.312. The second kappa shape index (κ2) is 6.84.